The lowest BCUT2D eigenvalue weighted by atomic mass is 10.0. The number of amides is 2. The first-order valence-electron chi connectivity index (χ1n) is 8.68. The van der Waals surface area contributed by atoms with Crippen LogP contribution in [0.1, 0.15) is 24.8 Å². The largest absolute Gasteiger partial charge is 0.476 e. The van der Waals surface area contributed by atoms with Crippen LogP contribution in [0.25, 0.3) is 0 Å². The molecule has 0 saturated carbocycles. The van der Waals surface area contributed by atoms with E-state index >= 15 is 0 Å². The zero-order valence-electron chi connectivity index (χ0n) is 14.1. The molecule has 0 atom stereocenters. The van der Waals surface area contributed by atoms with Crippen LogP contribution in [-0.4, -0.2) is 64.9 Å². The Kier molecular flexibility index (Phi) is 5.33. The van der Waals surface area contributed by atoms with Crippen LogP contribution in [-0.2, 0) is 16.0 Å². The highest BCUT2D eigenvalue weighted by Crippen LogP contribution is 2.24. The number of Topliss-reactive ketones (excluding diaryl/α,β-unsaturated/α-hetero) is 1. The summed E-state index contributed by atoms with van der Waals surface area (Å²) in [6.45, 7) is 2.71. The molecular formula is C18H23N3O4. The van der Waals surface area contributed by atoms with Crippen LogP contribution in [0.3, 0.4) is 0 Å². The van der Waals surface area contributed by atoms with Gasteiger partial charge >= 0.3 is 12.0 Å². The van der Waals surface area contributed by atoms with Gasteiger partial charge in [-0.2, -0.15) is 0 Å². The summed E-state index contributed by atoms with van der Waals surface area (Å²) in [5.41, 5.74) is 2.04. The number of rotatable bonds is 5. The van der Waals surface area contributed by atoms with E-state index in [1.807, 2.05) is 29.2 Å². The van der Waals surface area contributed by atoms with Crippen LogP contribution >= 0.6 is 0 Å². The topological polar surface area (TPSA) is 89.9 Å². The number of carboxylic acid groups (broad SMARTS) is 1. The highest BCUT2D eigenvalue weighted by atomic mass is 16.4. The van der Waals surface area contributed by atoms with Crippen LogP contribution in [0, 0.1) is 0 Å². The van der Waals surface area contributed by atoms with E-state index in [0.717, 1.165) is 43.6 Å². The number of hydrogen-bond acceptors (Lipinski definition) is 4. The van der Waals surface area contributed by atoms with E-state index in [2.05, 4.69) is 10.2 Å². The highest BCUT2D eigenvalue weighted by Gasteiger charge is 2.30. The maximum Gasteiger partial charge on any atom is 0.372 e. The van der Waals surface area contributed by atoms with Crippen molar-refractivity contribution >= 4 is 23.5 Å². The fourth-order valence-corrected chi connectivity index (χ4v) is 3.56. The number of urea groups is 1. The summed E-state index contributed by atoms with van der Waals surface area (Å²) < 4.78 is 0. The molecular weight excluding hydrogens is 322 g/mol. The fraction of sp³-hybridized carbons (Fsp3) is 0.500. The summed E-state index contributed by atoms with van der Waals surface area (Å²) in [5, 5.41) is 11.6. The molecule has 0 bridgehead atoms. The number of para-hydroxylation sites is 1. The van der Waals surface area contributed by atoms with Gasteiger partial charge in [-0.15, -0.1) is 0 Å². The Morgan fingerprint density at radius 2 is 1.88 bits per heavy atom. The Labute approximate surface area is 146 Å². The molecule has 1 saturated heterocycles. The van der Waals surface area contributed by atoms with Crippen molar-refractivity contribution in [3.8, 4) is 0 Å². The van der Waals surface area contributed by atoms with E-state index < -0.39 is 11.8 Å². The fourth-order valence-electron chi connectivity index (χ4n) is 3.56. The summed E-state index contributed by atoms with van der Waals surface area (Å²) in [6, 6.07) is 8.01. The van der Waals surface area contributed by atoms with Crippen molar-refractivity contribution in [2.24, 2.45) is 0 Å². The summed E-state index contributed by atoms with van der Waals surface area (Å²) in [6.07, 6.45) is 2.55. The van der Waals surface area contributed by atoms with E-state index in [-0.39, 0.29) is 18.5 Å². The Morgan fingerprint density at radius 3 is 2.60 bits per heavy atom. The minimum atomic E-state index is -1.37. The number of carbonyl (C=O) groups is 3. The zero-order valence-corrected chi connectivity index (χ0v) is 14.1. The van der Waals surface area contributed by atoms with Crippen LogP contribution in [0.15, 0.2) is 24.3 Å². The van der Waals surface area contributed by atoms with Gasteiger partial charge in [0.1, 0.15) is 0 Å². The number of carbonyl (C=O) groups excluding carboxylic acids is 2. The molecule has 0 aliphatic carbocycles. The SMILES string of the molecule is O=C(O)C(=O)CCN1CCC(N2CCc3ccccc3NC2=O)CC1. The van der Waals surface area contributed by atoms with Gasteiger partial charge in [-0.1, -0.05) is 18.2 Å². The van der Waals surface area contributed by atoms with E-state index in [1.54, 1.807) is 0 Å². The van der Waals surface area contributed by atoms with Gasteiger partial charge in [-0.05, 0) is 30.9 Å². The normalized spacial score (nSPS) is 19.0. The third-order valence-electron chi connectivity index (χ3n) is 5.03. The molecule has 1 aromatic carbocycles. The molecule has 2 N–H and O–H groups in total. The molecule has 7 heteroatoms. The van der Waals surface area contributed by atoms with Gasteiger partial charge < -0.3 is 20.2 Å². The number of hydrogen-bond donors (Lipinski definition) is 2. The van der Waals surface area contributed by atoms with Crippen molar-refractivity contribution in [2.45, 2.75) is 31.7 Å². The molecule has 0 spiro atoms. The number of ketones is 1. The lowest BCUT2D eigenvalue weighted by Crippen LogP contribution is -2.49. The van der Waals surface area contributed by atoms with Crippen molar-refractivity contribution in [2.75, 3.05) is 31.5 Å². The molecule has 3 rings (SSSR count). The predicted molar refractivity (Wildman–Crippen MR) is 92.6 cm³/mol. The molecule has 134 valence electrons. The minimum absolute atomic E-state index is 0.0412. The van der Waals surface area contributed by atoms with Gasteiger partial charge in [0.2, 0.25) is 5.78 Å². The summed E-state index contributed by atoms with van der Waals surface area (Å²) >= 11 is 0. The number of aliphatic carboxylic acids is 1. The minimum Gasteiger partial charge on any atom is -0.476 e. The molecule has 25 heavy (non-hydrogen) atoms. The monoisotopic (exact) mass is 345 g/mol. The summed E-state index contributed by atoms with van der Waals surface area (Å²) in [7, 11) is 0. The van der Waals surface area contributed by atoms with Crippen LogP contribution in [0.5, 0.6) is 0 Å². The number of carboxylic acids is 1. The second-order valence-electron chi connectivity index (χ2n) is 6.58. The Hall–Kier alpha value is -2.41. The molecule has 1 fully saturated rings. The highest BCUT2D eigenvalue weighted by molar-refractivity contribution is 6.32. The second-order valence-corrected chi connectivity index (χ2v) is 6.58. The average molecular weight is 345 g/mol. The number of nitrogens with zero attached hydrogens (tertiary/aromatic N) is 2. The van der Waals surface area contributed by atoms with Crippen molar-refractivity contribution in [1.29, 1.82) is 0 Å². The molecule has 0 unspecified atom stereocenters. The number of fused-ring (bicyclic) bond motifs is 1. The molecule has 0 aromatic heterocycles. The number of likely N-dealkylation sites (tertiary alicyclic amines) is 1. The van der Waals surface area contributed by atoms with Gasteiger partial charge in [0.25, 0.3) is 0 Å². The van der Waals surface area contributed by atoms with E-state index in [4.69, 9.17) is 5.11 Å². The Bertz CT molecular complexity index is 668. The van der Waals surface area contributed by atoms with Crippen LogP contribution < -0.4 is 5.32 Å². The molecule has 0 radical (unpaired) electrons. The first-order chi connectivity index (χ1) is 12.0. The van der Waals surface area contributed by atoms with Crippen LogP contribution in [0.2, 0.25) is 0 Å². The lowest BCUT2D eigenvalue weighted by molar-refractivity contribution is -0.149. The van der Waals surface area contributed by atoms with E-state index in [9.17, 15) is 14.4 Å². The first kappa shape index (κ1) is 17.4. The molecule has 2 aliphatic heterocycles. The van der Waals surface area contributed by atoms with Gasteiger partial charge in [0, 0.05) is 44.3 Å². The quantitative estimate of drug-likeness (QED) is 0.791. The van der Waals surface area contributed by atoms with Gasteiger partial charge in [-0.25, -0.2) is 9.59 Å². The van der Waals surface area contributed by atoms with E-state index in [1.165, 1.54) is 0 Å². The number of nitrogens with one attached hydrogen (secondary N) is 1. The van der Waals surface area contributed by atoms with Gasteiger partial charge in [0.15, 0.2) is 0 Å². The number of piperidine rings is 1. The predicted octanol–water partition coefficient (Wildman–Crippen LogP) is 1.58. The third-order valence-corrected chi connectivity index (χ3v) is 5.03. The number of anilines is 1. The van der Waals surface area contributed by atoms with Crippen molar-refractivity contribution in [3.05, 3.63) is 29.8 Å². The van der Waals surface area contributed by atoms with E-state index in [0.29, 0.717) is 13.1 Å². The Morgan fingerprint density at radius 1 is 1.16 bits per heavy atom. The maximum absolute atomic E-state index is 12.5. The molecule has 2 amide bonds. The lowest BCUT2D eigenvalue weighted by Gasteiger charge is -2.37. The summed E-state index contributed by atoms with van der Waals surface area (Å²) in [5.74, 6) is -2.11. The molecule has 2 heterocycles. The maximum atomic E-state index is 12.5. The van der Waals surface area contributed by atoms with Crippen LogP contribution in [0.4, 0.5) is 10.5 Å². The Balaban J connectivity index is 1.52. The van der Waals surface area contributed by atoms with Crippen molar-refractivity contribution in [3.63, 3.8) is 0 Å². The molecule has 7 nitrogen and oxygen atoms in total. The summed E-state index contributed by atoms with van der Waals surface area (Å²) in [4.78, 5) is 38.3. The third kappa shape index (κ3) is 4.17. The van der Waals surface area contributed by atoms with Gasteiger partial charge in [0.05, 0.1) is 0 Å². The average Bonchev–Trinajstić information content (AvgIpc) is 2.78. The first-order valence-corrected chi connectivity index (χ1v) is 8.68. The number of benzene rings is 1. The molecule has 1 aromatic rings. The standard InChI is InChI=1S/C18H23N3O4/c22-16(17(23)24)8-11-20-9-6-14(7-10-20)21-12-5-13-3-1-2-4-15(13)19-18(21)25/h1-4,14H,5-12H2,(H,19,25)(H,23,24). The van der Waals surface area contributed by atoms with Gasteiger partial charge in [-0.3, -0.25) is 4.79 Å². The molecule has 2 aliphatic rings. The zero-order chi connectivity index (χ0) is 17.8. The second kappa shape index (κ2) is 7.65. The van der Waals surface area contributed by atoms with Crippen molar-refractivity contribution in [1.82, 2.24) is 9.80 Å². The van der Waals surface area contributed by atoms with Crippen molar-refractivity contribution < 1.29 is 19.5 Å². The smallest absolute Gasteiger partial charge is 0.372 e.